The van der Waals surface area contributed by atoms with Crippen molar-refractivity contribution in [3.63, 3.8) is 0 Å². The Morgan fingerprint density at radius 3 is 2.65 bits per heavy atom. The predicted octanol–water partition coefficient (Wildman–Crippen LogP) is 2.89. The first-order valence-electron chi connectivity index (χ1n) is 7.02. The molecule has 4 nitrogen and oxygen atoms in total. The number of hydrogen-bond donors (Lipinski definition) is 0. The van der Waals surface area contributed by atoms with Gasteiger partial charge in [0.05, 0.1) is 6.54 Å². The zero-order chi connectivity index (χ0) is 15.0. The van der Waals surface area contributed by atoms with Crippen molar-refractivity contribution in [2.24, 2.45) is 5.41 Å². The van der Waals surface area contributed by atoms with Crippen molar-refractivity contribution in [3.05, 3.63) is 24.3 Å². The van der Waals surface area contributed by atoms with Gasteiger partial charge in [0.15, 0.2) is 0 Å². The van der Waals surface area contributed by atoms with Gasteiger partial charge in [-0.15, -0.1) is 0 Å². The molecule has 112 valence electrons. The number of fused-ring (bicyclic) bond motifs is 1. The summed E-state index contributed by atoms with van der Waals surface area (Å²) in [5, 5.41) is 0. The Morgan fingerprint density at radius 1 is 1.35 bits per heavy atom. The van der Waals surface area contributed by atoms with Crippen LogP contribution in [0.3, 0.4) is 0 Å². The summed E-state index contributed by atoms with van der Waals surface area (Å²) in [6.07, 6.45) is 0.775. The van der Waals surface area contributed by atoms with Crippen LogP contribution in [-0.4, -0.2) is 31.9 Å². The summed E-state index contributed by atoms with van der Waals surface area (Å²) < 4.78 is 32.9. The number of ether oxygens (including phenoxy) is 1. The molecule has 0 saturated heterocycles. The van der Waals surface area contributed by atoms with Crippen LogP contribution in [0.1, 0.15) is 34.1 Å². The summed E-state index contributed by atoms with van der Waals surface area (Å²) in [6, 6.07) is 6.87. The van der Waals surface area contributed by atoms with Crippen LogP contribution in [0.25, 0.3) is 0 Å². The minimum atomic E-state index is -3.49. The molecule has 20 heavy (non-hydrogen) atoms. The molecule has 1 aliphatic heterocycles. The van der Waals surface area contributed by atoms with Gasteiger partial charge in [0.25, 0.3) is 0 Å². The molecule has 0 spiro atoms. The first-order valence-corrected chi connectivity index (χ1v) is 8.46. The standard InChI is InChI=1S/C15H23NO3S/c1-5-15(3,4)11-16-10-12(2)19-13-8-6-7-9-14(13)20(16,17)18/h6-9,12H,5,10-11H2,1-4H3. The Kier molecular flexibility index (Phi) is 4.12. The third-order valence-corrected chi connectivity index (χ3v) is 5.67. The molecule has 2 rings (SSSR count). The highest BCUT2D eigenvalue weighted by Gasteiger charge is 2.35. The van der Waals surface area contributed by atoms with Gasteiger partial charge in [0, 0.05) is 6.54 Å². The number of sulfonamides is 1. The fourth-order valence-corrected chi connectivity index (χ4v) is 4.10. The van der Waals surface area contributed by atoms with Crippen LogP contribution >= 0.6 is 0 Å². The van der Waals surface area contributed by atoms with E-state index in [0.29, 0.717) is 18.8 Å². The van der Waals surface area contributed by atoms with Crippen molar-refractivity contribution in [2.45, 2.75) is 45.1 Å². The lowest BCUT2D eigenvalue weighted by Gasteiger charge is -2.30. The third kappa shape index (κ3) is 2.99. The average molecular weight is 297 g/mol. The monoisotopic (exact) mass is 297 g/mol. The number of nitrogens with zero attached hydrogens (tertiary/aromatic N) is 1. The predicted molar refractivity (Wildman–Crippen MR) is 79.4 cm³/mol. The van der Waals surface area contributed by atoms with Crippen LogP contribution < -0.4 is 4.74 Å². The lowest BCUT2D eigenvalue weighted by atomic mass is 9.90. The minimum absolute atomic E-state index is 0.0495. The van der Waals surface area contributed by atoms with Gasteiger partial charge in [-0.2, -0.15) is 4.31 Å². The van der Waals surface area contributed by atoms with Crippen molar-refractivity contribution in [3.8, 4) is 5.75 Å². The lowest BCUT2D eigenvalue weighted by molar-refractivity contribution is 0.168. The van der Waals surface area contributed by atoms with E-state index in [1.807, 2.05) is 6.92 Å². The van der Waals surface area contributed by atoms with E-state index in [4.69, 9.17) is 4.74 Å². The molecule has 1 unspecified atom stereocenters. The van der Waals surface area contributed by atoms with Crippen molar-refractivity contribution in [2.75, 3.05) is 13.1 Å². The zero-order valence-corrected chi connectivity index (χ0v) is 13.4. The molecule has 5 heteroatoms. The molecule has 1 aliphatic rings. The van der Waals surface area contributed by atoms with Crippen LogP contribution in [0.5, 0.6) is 5.75 Å². The average Bonchev–Trinajstić information content (AvgIpc) is 2.46. The SMILES string of the molecule is CCC(C)(C)CN1CC(C)Oc2ccccc2S1(=O)=O. The molecular formula is C15H23NO3S. The highest BCUT2D eigenvalue weighted by atomic mass is 32.2. The van der Waals surface area contributed by atoms with E-state index in [0.717, 1.165) is 6.42 Å². The van der Waals surface area contributed by atoms with E-state index in [1.165, 1.54) is 0 Å². The summed E-state index contributed by atoms with van der Waals surface area (Å²) in [5.74, 6) is 0.455. The van der Waals surface area contributed by atoms with Crippen LogP contribution in [0.15, 0.2) is 29.2 Å². The molecule has 0 amide bonds. The van der Waals surface area contributed by atoms with Gasteiger partial charge in [0.1, 0.15) is 16.7 Å². The molecular weight excluding hydrogens is 274 g/mol. The second-order valence-corrected chi connectivity index (χ2v) is 8.10. The quantitative estimate of drug-likeness (QED) is 0.862. The highest BCUT2D eigenvalue weighted by Crippen LogP contribution is 2.33. The van der Waals surface area contributed by atoms with Gasteiger partial charge in [-0.05, 0) is 30.9 Å². The van der Waals surface area contributed by atoms with E-state index < -0.39 is 10.0 Å². The summed E-state index contributed by atoms with van der Waals surface area (Å²) in [5.41, 5.74) is -0.0495. The second kappa shape index (κ2) is 5.37. The van der Waals surface area contributed by atoms with Crippen LogP contribution in [0.2, 0.25) is 0 Å². The van der Waals surface area contributed by atoms with Crippen molar-refractivity contribution < 1.29 is 13.2 Å². The van der Waals surface area contributed by atoms with Crippen molar-refractivity contribution in [1.82, 2.24) is 4.31 Å². The summed E-state index contributed by atoms with van der Waals surface area (Å²) in [6.45, 7) is 9.06. The van der Waals surface area contributed by atoms with Gasteiger partial charge in [-0.1, -0.05) is 32.9 Å². The Labute approximate surface area is 121 Å². The molecule has 0 bridgehead atoms. The van der Waals surface area contributed by atoms with Crippen LogP contribution in [0, 0.1) is 5.41 Å². The normalized spacial score (nSPS) is 22.7. The molecule has 0 aromatic heterocycles. The van der Waals surface area contributed by atoms with Gasteiger partial charge >= 0.3 is 0 Å². The molecule has 1 atom stereocenters. The van der Waals surface area contributed by atoms with E-state index in [-0.39, 0.29) is 16.4 Å². The Balaban J connectivity index is 2.45. The fraction of sp³-hybridized carbons (Fsp3) is 0.600. The molecule has 1 aromatic carbocycles. The van der Waals surface area contributed by atoms with Gasteiger partial charge in [-0.3, -0.25) is 0 Å². The number of para-hydroxylation sites is 1. The van der Waals surface area contributed by atoms with E-state index in [2.05, 4.69) is 20.8 Å². The fourth-order valence-electron chi connectivity index (χ4n) is 2.28. The third-order valence-electron chi connectivity index (χ3n) is 3.82. The molecule has 0 saturated carbocycles. The Hall–Kier alpha value is -1.07. The lowest BCUT2D eigenvalue weighted by Crippen LogP contribution is -2.41. The first kappa shape index (κ1) is 15.3. The smallest absolute Gasteiger partial charge is 0.246 e. The molecule has 0 fully saturated rings. The summed E-state index contributed by atoms with van der Waals surface area (Å²) in [7, 11) is -3.49. The van der Waals surface area contributed by atoms with Gasteiger partial charge < -0.3 is 4.74 Å². The van der Waals surface area contributed by atoms with Crippen molar-refractivity contribution in [1.29, 1.82) is 0 Å². The van der Waals surface area contributed by atoms with Crippen LogP contribution in [0.4, 0.5) is 0 Å². The van der Waals surface area contributed by atoms with Crippen molar-refractivity contribution >= 4 is 10.0 Å². The van der Waals surface area contributed by atoms with Gasteiger partial charge in [0.2, 0.25) is 10.0 Å². The number of hydrogen-bond acceptors (Lipinski definition) is 3. The minimum Gasteiger partial charge on any atom is -0.488 e. The zero-order valence-electron chi connectivity index (χ0n) is 12.6. The maximum Gasteiger partial charge on any atom is 0.246 e. The maximum absolute atomic E-state index is 12.8. The van der Waals surface area contributed by atoms with E-state index in [1.54, 1.807) is 28.6 Å². The Bertz CT molecular complexity index is 581. The molecule has 0 radical (unpaired) electrons. The number of rotatable bonds is 3. The molecule has 0 N–H and O–H groups in total. The number of benzene rings is 1. The molecule has 0 aliphatic carbocycles. The van der Waals surface area contributed by atoms with Crippen LogP contribution in [-0.2, 0) is 10.0 Å². The molecule has 1 heterocycles. The topological polar surface area (TPSA) is 46.6 Å². The highest BCUT2D eigenvalue weighted by molar-refractivity contribution is 7.89. The van der Waals surface area contributed by atoms with E-state index >= 15 is 0 Å². The maximum atomic E-state index is 12.8. The van der Waals surface area contributed by atoms with Gasteiger partial charge in [-0.25, -0.2) is 8.42 Å². The largest absolute Gasteiger partial charge is 0.488 e. The Morgan fingerprint density at radius 2 is 2.00 bits per heavy atom. The summed E-state index contributed by atoms with van der Waals surface area (Å²) in [4.78, 5) is 0.274. The molecule has 1 aromatic rings. The van der Waals surface area contributed by atoms with E-state index in [9.17, 15) is 8.42 Å². The summed E-state index contributed by atoms with van der Waals surface area (Å²) >= 11 is 0. The first-order chi connectivity index (χ1) is 9.26. The second-order valence-electron chi connectivity index (χ2n) is 6.19.